The van der Waals surface area contributed by atoms with Gasteiger partial charge in [-0.15, -0.1) is 11.3 Å². The summed E-state index contributed by atoms with van der Waals surface area (Å²) >= 11 is 1.41. The Balaban J connectivity index is 2.10. The highest BCUT2D eigenvalue weighted by Gasteiger charge is 2.08. The fraction of sp³-hybridized carbons (Fsp3) is 0.333. The molecule has 0 fully saturated rings. The molecule has 1 aromatic carbocycles. The molecule has 2 rings (SSSR count). The summed E-state index contributed by atoms with van der Waals surface area (Å²) in [5, 5.41) is 5.24. The lowest BCUT2D eigenvalue weighted by Gasteiger charge is -2.05. The maximum atomic E-state index is 11.4. The number of rotatable bonds is 5. The van der Waals surface area contributed by atoms with Gasteiger partial charge in [0.1, 0.15) is 6.61 Å². The first-order valence-corrected chi connectivity index (χ1v) is 7.32. The summed E-state index contributed by atoms with van der Waals surface area (Å²) in [6, 6.07) is 8.35. The zero-order valence-electron chi connectivity index (χ0n) is 11.8. The Bertz CT molecular complexity index is 576. The first-order chi connectivity index (χ1) is 9.60. The van der Waals surface area contributed by atoms with Crippen molar-refractivity contribution in [2.45, 2.75) is 19.8 Å². The zero-order chi connectivity index (χ0) is 14.5. The molecule has 0 radical (unpaired) electrons. The molecule has 20 heavy (non-hydrogen) atoms. The summed E-state index contributed by atoms with van der Waals surface area (Å²) in [5.41, 5.74) is 3.23. The normalized spacial score (nSPS) is 10.8. The zero-order valence-corrected chi connectivity index (χ0v) is 12.7. The molecule has 0 spiro atoms. The predicted octanol–water partition coefficient (Wildman–Crippen LogP) is 3.52. The molecular formula is C15H18N2O2S. The lowest BCUT2D eigenvalue weighted by Crippen LogP contribution is -2.16. The average molecular weight is 290 g/mol. The highest BCUT2D eigenvalue weighted by molar-refractivity contribution is 7.14. The van der Waals surface area contributed by atoms with Gasteiger partial charge in [0.25, 0.3) is 5.91 Å². The Morgan fingerprint density at radius 2 is 2.05 bits per heavy atom. The number of amides is 1. The highest BCUT2D eigenvalue weighted by Crippen LogP contribution is 2.26. The minimum absolute atomic E-state index is 0.0397. The number of nitrogens with zero attached hydrogens (tertiary/aromatic N) is 1. The molecule has 0 saturated heterocycles. The lowest BCUT2D eigenvalue weighted by atomic mass is 10.0. The smallest absolute Gasteiger partial charge is 0.252 e. The lowest BCUT2D eigenvalue weighted by molar-refractivity contribution is -0.119. The number of nitrogens with one attached hydrogen (secondary N) is 1. The Hall–Kier alpha value is -1.72. The van der Waals surface area contributed by atoms with Crippen molar-refractivity contribution in [3.8, 4) is 11.3 Å². The Labute approximate surface area is 122 Å². The van der Waals surface area contributed by atoms with Crippen molar-refractivity contribution in [3.05, 3.63) is 35.2 Å². The standard InChI is InChI=1S/C15H18N2O2S/c1-10(2)11-4-6-12(7-5-11)13-9-20-15(16-13)17-14(18)8-19-3/h4-7,9-10H,8H2,1-3H3,(H,16,17,18). The summed E-state index contributed by atoms with van der Waals surface area (Å²) in [6.07, 6.45) is 0. The van der Waals surface area contributed by atoms with Crippen LogP contribution in [0.5, 0.6) is 0 Å². The van der Waals surface area contributed by atoms with Gasteiger partial charge in [-0.1, -0.05) is 38.1 Å². The van der Waals surface area contributed by atoms with Crippen LogP contribution in [0.4, 0.5) is 5.13 Å². The highest BCUT2D eigenvalue weighted by atomic mass is 32.1. The number of aromatic nitrogens is 1. The van der Waals surface area contributed by atoms with Crippen LogP contribution in [0.15, 0.2) is 29.6 Å². The third-order valence-electron chi connectivity index (χ3n) is 2.90. The van der Waals surface area contributed by atoms with Crippen LogP contribution < -0.4 is 5.32 Å². The maximum absolute atomic E-state index is 11.4. The number of hydrogen-bond donors (Lipinski definition) is 1. The van der Waals surface area contributed by atoms with Crippen molar-refractivity contribution in [1.29, 1.82) is 0 Å². The largest absolute Gasteiger partial charge is 0.375 e. The molecule has 0 unspecified atom stereocenters. The van der Waals surface area contributed by atoms with E-state index in [9.17, 15) is 4.79 Å². The van der Waals surface area contributed by atoms with Gasteiger partial charge in [-0.2, -0.15) is 0 Å². The van der Waals surface area contributed by atoms with E-state index in [4.69, 9.17) is 4.74 Å². The van der Waals surface area contributed by atoms with Gasteiger partial charge in [-0.05, 0) is 11.5 Å². The van der Waals surface area contributed by atoms with E-state index in [0.29, 0.717) is 11.0 Å². The van der Waals surface area contributed by atoms with E-state index in [2.05, 4.69) is 48.4 Å². The Morgan fingerprint density at radius 3 is 2.65 bits per heavy atom. The molecule has 0 atom stereocenters. The van der Waals surface area contributed by atoms with Crippen LogP contribution in [0.25, 0.3) is 11.3 Å². The third-order valence-corrected chi connectivity index (χ3v) is 3.66. The van der Waals surface area contributed by atoms with E-state index in [0.717, 1.165) is 11.3 Å². The second-order valence-electron chi connectivity index (χ2n) is 4.80. The van der Waals surface area contributed by atoms with Gasteiger partial charge in [0, 0.05) is 18.1 Å². The van der Waals surface area contributed by atoms with Crippen molar-refractivity contribution in [1.82, 2.24) is 4.98 Å². The molecule has 0 aliphatic heterocycles. The number of hydrogen-bond acceptors (Lipinski definition) is 4. The predicted molar refractivity (Wildman–Crippen MR) is 82.1 cm³/mol. The summed E-state index contributed by atoms with van der Waals surface area (Å²) in [5.74, 6) is 0.326. The van der Waals surface area contributed by atoms with E-state index in [1.165, 1.54) is 24.0 Å². The Kier molecular flexibility index (Phi) is 4.87. The van der Waals surface area contributed by atoms with Crippen LogP contribution in [0.3, 0.4) is 0 Å². The number of methoxy groups -OCH3 is 1. The minimum Gasteiger partial charge on any atom is -0.375 e. The van der Waals surface area contributed by atoms with Crippen LogP contribution >= 0.6 is 11.3 Å². The molecule has 0 bridgehead atoms. The third kappa shape index (κ3) is 3.65. The second kappa shape index (κ2) is 6.63. The average Bonchev–Trinajstić information content (AvgIpc) is 2.87. The van der Waals surface area contributed by atoms with Gasteiger partial charge < -0.3 is 4.74 Å². The van der Waals surface area contributed by atoms with Gasteiger partial charge in [0.15, 0.2) is 5.13 Å². The van der Waals surface area contributed by atoms with Crippen molar-refractivity contribution >= 4 is 22.4 Å². The quantitative estimate of drug-likeness (QED) is 0.916. The molecule has 106 valence electrons. The second-order valence-corrected chi connectivity index (χ2v) is 5.65. The van der Waals surface area contributed by atoms with E-state index in [-0.39, 0.29) is 12.5 Å². The van der Waals surface area contributed by atoms with E-state index in [1.54, 1.807) is 0 Å². The number of anilines is 1. The topological polar surface area (TPSA) is 51.2 Å². The molecule has 1 aromatic heterocycles. The van der Waals surface area contributed by atoms with Gasteiger partial charge in [0.05, 0.1) is 5.69 Å². The molecule has 0 saturated carbocycles. The van der Waals surface area contributed by atoms with E-state index in [1.807, 2.05) is 5.38 Å². The van der Waals surface area contributed by atoms with Crippen molar-refractivity contribution in [2.75, 3.05) is 19.0 Å². The van der Waals surface area contributed by atoms with E-state index >= 15 is 0 Å². The fourth-order valence-electron chi connectivity index (χ4n) is 1.79. The van der Waals surface area contributed by atoms with Crippen LogP contribution in [-0.2, 0) is 9.53 Å². The Morgan fingerprint density at radius 1 is 1.35 bits per heavy atom. The van der Waals surface area contributed by atoms with Crippen LogP contribution in [-0.4, -0.2) is 24.6 Å². The van der Waals surface area contributed by atoms with Crippen LogP contribution in [0.1, 0.15) is 25.3 Å². The number of carbonyl (C=O) groups excluding carboxylic acids is 1. The molecule has 0 aliphatic rings. The number of benzene rings is 1. The van der Waals surface area contributed by atoms with Gasteiger partial charge >= 0.3 is 0 Å². The minimum atomic E-state index is -0.191. The maximum Gasteiger partial charge on any atom is 0.252 e. The first kappa shape index (κ1) is 14.7. The van der Waals surface area contributed by atoms with Crippen molar-refractivity contribution in [2.24, 2.45) is 0 Å². The molecule has 1 amide bonds. The molecule has 4 nitrogen and oxygen atoms in total. The number of ether oxygens (including phenoxy) is 1. The van der Waals surface area contributed by atoms with Crippen LogP contribution in [0, 0.1) is 0 Å². The molecule has 0 aliphatic carbocycles. The van der Waals surface area contributed by atoms with Crippen LogP contribution in [0.2, 0.25) is 0 Å². The number of thiazole rings is 1. The van der Waals surface area contributed by atoms with Crippen molar-refractivity contribution in [3.63, 3.8) is 0 Å². The number of carbonyl (C=O) groups is 1. The fourth-order valence-corrected chi connectivity index (χ4v) is 2.52. The molecule has 1 heterocycles. The summed E-state index contributed by atoms with van der Waals surface area (Å²) in [4.78, 5) is 15.8. The summed E-state index contributed by atoms with van der Waals surface area (Å²) in [7, 11) is 1.49. The van der Waals surface area contributed by atoms with Gasteiger partial charge in [-0.25, -0.2) is 4.98 Å². The van der Waals surface area contributed by atoms with Gasteiger partial charge in [-0.3, -0.25) is 10.1 Å². The monoisotopic (exact) mass is 290 g/mol. The summed E-state index contributed by atoms with van der Waals surface area (Å²) < 4.78 is 4.77. The molecule has 2 aromatic rings. The molecule has 1 N–H and O–H groups in total. The van der Waals surface area contributed by atoms with E-state index < -0.39 is 0 Å². The first-order valence-electron chi connectivity index (χ1n) is 6.45. The van der Waals surface area contributed by atoms with Crippen molar-refractivity contribution < 1.29 is 9.53 Å². The summed E-state index contributed by atoms with van der Waals surface area (Å²) in [6.45, 7) is 4.38. The van der Waals surface area contributed by atoms with Gasteiger partial charge in [0.2, 0.25) is 0 Å². The molecule has 5 heteroatoms. The molecular weight excluding hydrogens is 272 g/mol. The SMILES string of the molecule is COCC(=O)Nc1nc(-c2ccc(C(C)C)cc2)cs1.